The minimum atomic E-state index is -1.05. The molecule has 2 N–H and O–H groups in total. The van der Waals surface area contributed by atoms with E-state index in [-0.39, 0.29) is 35.7 Å². The van der Waals surface area contributed by atoms with E-state index in [4.69, 9.17) is 24.7 Å². The van der Waals surface area contributed by atoms with E-state index < -0.39 is 48.0 Å². The van der Waals surface area contributed by atoms with E-state index in [1.165, 1.54) is 12.1 Å². The highest BCUT2D eigenvalue weighted by molar-refractivity contribution is 5.89. The van der Waals surface area contributed by atoms with Crippen LogP contribution in [0.5, 0.6) is 11.5 Å². The predicted molar refractivity (Wildman–Crippen MR) is 154 cm³/mol. The van der Waals surface area contributed by atoms with Crippen LogP contribution in [-0.4, -0.2) is 42.1 Å². The second-order valence-electron chi connectivity index (χ2n) is 11.1. The molecule has 2 aromatic rings. The molecule has 0 aliphatic carbocycles. The van der Waals surface area contributed by atoms with Crippen LogP contribution < -0.4 is 15.2 Å². The van der Waals surface area contributed by atoms with Gasteiger partial charge in [0.15, 0.2) is 11.5 Å². The Kier molecular flexibility index (Phi) is 12.5. The second-order valence-corrected chi connectivity index (χ2v) is 11.1. The molecule has 0 spiro atoms. The predicted octanol–water partition coefficient (Wildman–Crippen LogP) is 5.13. The van der Waals surface area contributed by atoms with Gasteiger partial charge in [0.25, 0.3) is 0 Å². The van der Waals surface area contributed by atoms with Crippen LogP contribution in [0.15, 0.2) is 48.5 Å². The molecule has 0 saturated carbocycles. The molecule has 2 unspecified atom stereocenters. The molecule has 2 aromatic carbocycles. The van der Waals surface area contributed by atoms with Crippen molar-refractivity contribution >= 4 is 23.9 Å². The molecule has 2 rings (SSSR count). The van der Waals surface area contributed by atoms with Gasteiger partial charge in [-0.3, -0.25) is 14.4 Å². The quantitative estimate of drug-likeness (QED) is 0.258. The molecular formula is C32H43NO8. The first-order valence-corrected chi connectivity index (χ1v) is 14.0. The number of hydrogen-bond acceptors (Lipinski definition) is 9. The normalized spacial score (nSPS) is 14.9. The van der Waals surface area contributed by atoms with E-state index in [1.807, 2.05) is 27.7 Å². The molecule has 0 heterocycles. The zero-order valence-corrected chi connectivity index (χ0v) is 25.2. The molecule has 5 atom stereocenters. The number of ether oxygens (including phenoxy) is 4. The van der Waals surface area contributed by atoms with Gasteiger partial charge in [-0.05, 0) is 61.9 Å². The van der Waals surface area contributed by atoms with Crippen LogP contribution in [0.25, 0.3) is 0 Å². The van der Waals surface area contributed by atoms with E-state index in [1.54, 1.807) is 64.1 Å². The summed E-state index contributed by atoms with van der Waals surface area (Å²) in [5, 5.41) is 0. The van der Waals surface area contributed by atoms with E-state index >= 15 is 0 Å². The van der Waals surface area contributed by atoms with E-state index in [0.29, 0.717) is 11.1 Å². The summed E-state index contributed by atoms with van der Waals surface area (Å²) in [6, 6.07) is 12.2. The molecule has 0 aliphatic heterocycles. The fourth-order valence-corrected chi connectivity index (χ4v) is 3.40. The molecule has 0 aromatic heterocycles. The molecular weight excluding hydrogens is 526 g/mol. The molecule has 0 fully saturated rings. The van der Waals surface area contributed by atoms with Gasteiger partial charge in [0.05, 0.1) is 17.4 Å². The fraction of sp³-hybridized carbons (Fsp3) is 0.500. The molecule has 224 valence electrons. The molecule has 0 bridgehead atoms. The number of benzene rings is 2. The lowest BCUT2D eigenvalue weighted by atomic mass is 9.98. The Morgan fingerprint density at radius 1 is 0.659 bits per heavy atom. The maximum atomic E-state index is 12.8. The summed E-state index contributed by atoms with van der Waals surface area (Å²) in [6.07, 6.45) is -1.40. The summed E-state index contributed by atoms with van der Waals surface area (Å²) < 4.78 is 22.1. The third-order valence-electron chi connectivity index (χ3n) is 7.20. The third kappa shape index (κ3) is 10.0. The highest BCUT2D eigenvalue weighted by Crippen LogP contribution is 2.31. The standard InChI is InChI=1S/C32H43NO8/c1-18(2)20(5)29(34)40-27-15-14-24(17-28(27)41-30(35)21(6)19(3)4)16-26(33)32(37)39-23(8)22(7)38-31(36)25-12-10-9-11-13-25/h9-15,17-23,26H,16,33H2,1-8H3/t20?,21?,22-,23-,26-/m0/s1. The Bertz CT molecular complexity index is 1190. The largest absolute Gasteiger partial charge is 0.458 e. The summed E-state index contributed by atoms with van der Waals surface area (Å²) in [5.74, 6) is -2.62. The second kappa shape index (κ2) is 15.3. The van der Waals surface area contributed by atoms with Crippen LogP contribution in [0.4, 0.5) is 0 Å². The molecule has 9 nitrogen and oxygen atoms in total. The Morgan fingerprint density at radius 3 is 1.71 bits per heavy atom. The molecule has 9 heteroatoms. The molecule has 0 aliphatic rings. The van der Waals surface area contributed by atoms with Crippen molar-refractivity contribution in [2.45, 2.75) is 80.1 Å². The highest BCUT2D eigenvalue weighted by atomic mass is 16.6. The van der Waals surface area contributed by atoms with E-state index in [9.17, 15) is 19.2 Å². The first kappa shape index (κ1) is 33.5. The van der Waals surface area contributed by atoms with Gasteiger partial charge in [0.2, 0.25) is 0 Å². The Hall–Kier alpha value is -3.72. The van der Waals surface area contributed by atoms with Crippen LogP contribution in [0.3, 0.4) is 0 Å². The Labute approximate surface area is 242 Å². The zero-order valence-electron chi connectivity index (χ0n) is 25.2. The van der Waals surface area contributed by atoms with Crippen LogP contribution >= 0.6 is 0 Å². The first-order chi connectivity index (χ1) is 19.2. The number of carbonyl (C=O) groups is 4. The number of rotatable bonds is 13. The van der Waals surface area contributed by atoms with Crippen molar-refractivity contribution in [2.75, 3.05) is 0 Å². The van der Waals surface area contributed by atoms with E-state index in [0.717, 1.165) is 0 Å². The van der Waals surface area contributed by atoms with Gasteiger partial charge in [-0.1, -0.05) is 65.8 Å². The highest BCUT2D eigenvalue weighted by Gasteiger charge is 2.27. The Morgan fingerprint density at radius 2 is 1.17 bits per heavy atom. The third-order valence-corrected chi connectivity index (χ3v) is 7.20. The molecule has 41 heavy (non-hydrogen) atoms. The van der Waals surface area contributed by atoms with Crippen LogP contribution in [0.1, 0.15) is 71.3 Å². The zero-order chi connectivity index (χ0) is 30.9. The SMILES string of the molecule is CC(C)C(C)C(=O)Oc1ccc(C[C@H](N)C(=O)O[C@@H](C)[C@H](C)OC(=O)c2ccccc2)cc1OC(=O)C(C)C(C)C. The average molecular weight is 570 g/mol. The van der Waals surface area contributed by atoms with Gasteiger partial charge in [0.1, 0.15) is 18.2 Å². The smallest absolute Gasteiger partial charge is 0.338 e. The van der Waals surface area contributed by atoms with Crippen LogP contribution in [0, 0.1) is 23.7 Å². The van der Waals surface area contributed by atoms with Crippen molar-refractivity contribution in [1.82, 2.24) is 0 Å². The fourth-order valence-electron chi connectivity index (χ4n) is 3.40. The number of carbonyl (C=O) groups excluding carboxylic acids is 4. The lowest BCUT2D eigenvalue weighted by molar-refractivity contribution is -0.155. The van der Waals surface area contributed by atoms with Gasteiger partial charge in [0, 0.05) is 0 Å². The van der Waals surface area contributed by atoms with Gasteiger partial charge >= 0.3 is 23.9 Å². The van der Waals surface area contributed by atoms with Crippen LogP contribution in [-0.2, 0) is 30.3 Å². The first-order valence-electron chi connectivity index (χ1n) is 14.0. The maximum absolute atomic E-state index is 12.8. The summed E-state index contributed by atoms with van der Waals surface area (Å²) in [6.45, 7) is 14.4. The number of nitrogens with two attached hydrogens (primary N) is 1. The molecule has 0 radical (unpaired) electrons. The minimum Gasteiger partial charge on any atom is -0.458 e. The lowest BCUT2D eigenvalue weighted by Gasteiger charge is -2.22. The van der Waals surface area contributed by atoms with Crippen molar-refractivity contribution in [2.24, 2.45) is 29.4 Å². The molecule has 0 amide bonds. The van der Waals surface area contributed by atoms with Crippen LogP contribution in [0.2, 0.25) is 0 Å². The Balaban J connectivity index is 2.12. The van der Waals surface area contributed by atoms with Crippen molar-refractivity contribution in [1.29, 1.82) is 0 Å². The summed E-state index contributed by atoms with van der Waals surface area (Å²) in [5.41, 5.74) is 7.11. The number of esters is 4. The van der Waals surface area contributed by atoms with Crippen molar-refractivity contribution in [3.63, 3.8) is 0 Å². The minimum absolute atomic E-state index is 0.0391. The van der Waals surface area contributed by atoms with Gasteiger partial charge in [-0.25, -0.2) is 4.79 Å². The monoisotopic (exact) mass is 569 g/mol. The number of hydrogen-bond donors (Lipinski definition) is 1. The maximum Gasteiger partial charge on any atom is 0.338 e. The van der Waals surface area contributed by atoms with Gasteiger partial charge in [-0.2, -0.15) is 0 Å². The van der Waals surface area contributed by atoms with Gasteiger partial charge < -0.3 is 24.7 Å². The van der Waals surface area contributed by atoms with E-state index in [2.05, 4.69) is 0 Å². The molecule has 0 saturated heterocycles. The van der Waals surface area contributed by atoms with Crippen molar-refractivity contribution in [3.05, 3.63) is 59.7 Å². The average Bonchev–Trinajstić information content (AvgIpc) is 2.93. The topological polar surface area (TPSA) is 131 Å². The summed E-state index contributed by atoms with van der Waals surface area (Å²) >= 11 is 0. The van der Waals surface area contributed by atoms with Crippen molar-refractivity contribution < 1.29 is 38.1 Å². The summed E-state index contributed by atoms with van der Waals surface area (Å²) in [7, 11) is 0. The van der Waals surface area contributed by atoms with Gasteiger partial charge in [-0.15, -0.1) is 0 Å². The summed E-state index contributed by atoms with van der Waals surface area (Å²) in [4.78, 5) is 50.4. The lowest BCUT2D eigenvalue weighted by Crippen LogP contribution is -2.39. The van der Waals surface area contributed by atoms with Crippen molar-refractivity contribution in [3.8, 4) is 11.5 Å².